The van der Waals surface area contributed by atoms with Crippen molar-refractivity contribution < 1.29 is 19.4 Å². The van der Waals surface area contributed by atoms with E-state index in [1.165, 1.54) is 0 Å². The van der Waals surface area contributed by atoms with Gasteiger partial charge in [-0.05, 0) is 32.3 Å². The van der Waals surface area contributed by atoms with Gasteiger partial charge in [-0.25, -0.2) is 0 Å². The Labute approximate surface area is 136 Å². The molecule has 5 heteroatoms. The maximum Gasteiger partial charge on any atom is 0.307 e. The number of benzene rings is 1. The number of rotatable bonds is 3. The number of morpholine rings is 1. The minimum Gasteiger partial charge on any atom is -0.481 e. The van der Waals surface area contributed by atoms with Crippen LogP contribution in [0.1, 0.15) is 38.4 Å². The number of nitrogens with zero attached hydrogens (tertiary/aromatic N) is 1. The summed E-state index contributed by atoms with van der Waals surface area (Å²) in [5.74, 6) is -1.82. The predicted octanol–water partition coefficient (Wildman–Crippen LogP) is 2.48. The molecule has 2 aliphatic rings. The summed E-state index contributed by atoms with van der Waals surface area (Å²) >= 11 is 0. The van der Waals surface area contributed by atoms with E-state index in [1.54, 1.807) is 0 Å². The molecule has 1 aromatic rings. The second-order valence-corrected chi connectivity index (χ2v) is 7.10. The highest BCUT2D eigenvalue weighted by Gasteiger charge is 2.47. The molecule has 2 fully saturated rings. The average Bonchev–Trinajstić information content (AvgIpc) is 2.46. The van der Waals surface area contributed by atoms with Gasteiger partial charge in [-0.2, -0.15) is 0 Å². The normalized spacial score (nSPS) is 29.7. The summed E-state index contributed by atoms with van der Waals surface area (Å²) in [7, 11) is 0. The van der Waals surface area contributed by atoms with Gasteiger partial charge in [0.25, 0.3) is 0 Å². The molecule has 1 saturated heterocycles. The Morgan fingerprint density at radius 1 is 1.17 bits per heavy atom. The molecule has 3 rings (SSSR count). The van der Waals surface area contributed by atoms with Gasteiger partial charge in [0.1, 0.15) is 6.10 Å². The third kappa shape index (κ3) is 2.98. The molecule has 0 aromatic heterocycles. The summed E-state index contributed by atoms with van der Waals surface area (Å²) in [6, 6.07) is 9.85. The van der Waals surface area contributed by atoms with Crippen molar-refractivity contribution in [1.29, 1.82) is 0 Å². The van der Waals surface area contributed by atoms with Gasteiger partial charge in [-0.3, -0.25) is 9.59 Å². The molecule has 0 radical (unpaired) electrons. The van der Waals surface area contributed by atoms with Gasteiger partial charge in [-0.1, -0.05) is 30.3 Å². The lowest BCUT2D eigenvalue weighted by atomic mass is 9.72. The first-order valence-electron chi connectivity index (χ1n) is 8.11. The van der Waals surface area contributed by atoms with Crippen LogP contribution >= 0.6 is 0 Å². The Morgan fingerprint density at radius 2 is 1.83 bits per heavy atom. The molecule has 0 bridgehead atoms. The summed E-state index contributed by atoms with van der Waals surface area (Å²) in [6.07, 6.45) is 1.11. The molecule has 5 nitrogen and oxygen atoms in total. The van der Waals surface area contributed by atoms with Gasteiger partial charge >= 0.3 is 5.97 Å². The van der Waals surface area contributed by atoms with Crippen LogP contribution < -0.4 is 0 Å². The number of amides is 1. The lowest BCUT2D eigenvalue weighted by molar-refractivity contribution is -0.170. The molecular weight excluding hydrogens is 294 g/mol. The molecule has 124 valence electrons. The lowest BCUT2D eigenvalue weighted by Crippen LogP contribution is -2.59. The molecule has 1 N–H and O–H groups in total. The van der Waals surface area contributed by atoms with E-state index >= 15 is 0 Å². The van der Waals surface area contributed by atoms with E-state index in [0.29, 0.717) is 26.0 Å². The maximum atomic E-state index is 12.9. The lowest BCUT2D eigenvalue weighted by Gasteiger charge is -2.48. The van der Waals surface area contributed by atoms with Crippen LogP contribution in [0.3, 0.4) is 0 Å². The van der Waals surface area contributed by atoms with E-state index in [1.807, 2.05) is 49.1 Å². The largest absolute Gasteiger partial charge is 0.481 e. The van der Waals surface area contributed by atoms with E-state index in [-0.39, 0.29) is 17.9 Å². The number of carbonyl (C=O) groups excluding carboxylic acids is 1. The summed E-state index contributed by atoms with van der Waals surface area (Å²) in [4.78, 5) is 26.0. The van der Waals surface area contributed by atoms with Gasteiger partial charge in [-0.15, -0.1) is 0 Å². The molecule has 1 heterocycles. The predicted molar refractivity (Wildman–Crippen MR) is 84.8 cm³/mol. The fourth-order valence-corrected chi connectivity index (χ4v) is 3.40. The average molecular weight is 317 g/mol. The van der Waals surface area contributed by atoms with E-state index in [4.69, 9.17) is 4.74 Å². The first-order chi connectivity index (χ1) is 10.9. The Kier molecular flexibility index (Phi) is 4.15. The van der Waals surface area contributed by atoms with Crippen molar-refractivity contribution in [1.82, 2.24) is 4.90 Å². The smallest absolute Gasteiger partial charge is 0.307 e. The summed E-state index contributed by atoms with van der Waals surface area (Å²) in [6.45, 7) is 4.86. The molecule has 3 unspecified atom stereocenters. The van der Waals surface area contributed by atoms with E-state index < -0.39 is 17.4 Å². The van der Waals surface area contributed by atoms with E-state index in [2.05, 4.69) is 0 Å². The van der Waals surface area contributed by atoms with Crippen molar-refractivity contribution in [3.63, 3.8) is 0 Å². The number of carboxylic acids is 1. The quantitative estimate of drug-likeness (QED) is 0.930. The summed E-state index contributed by atoms with van der Waals surface area (Å²) in [5, 5.41) is 9.22. The molecule has 1 aliphatic carbocycles. The third-order valence-electron chi connectivity index (χ3n) is 5.06. The highest BCUT2D eigenvalue weighted by molar-refractivity contribution is 5.87. The molecule has 1 aliphatic heterocycles. The van der Waals surface area contributed by atoms with Crippen LogP contribution in [0.25, 0.3) is 0 Å². The van der Waals surface area contributed by atoms with Crippen LogP contribution in [-0.4, -0.2) is 40.6 Å². The third-order valence-corrected chi connectivity index (χ3v) is 5.06. The van der Waals surface area contributed by atoms with Crippen molar-refractivity contribution in [2.24, 2.45) is 11.8 Å². The molecular formula is C18H23NO4. The van der Waals surface area contributed by atoms with Crippen LogP contribution in [0, 0.1) is 11.8 Å². The SMILES string of the molecule is CC1(C)COC(c2ccccc2)CN1C(=O)C1CCC1C(=O)O. The van der Waals surface area contributed by atoms with Gasteiger partial charge in [0.15, 0.2) is 0 Å². The summed E-state index contributed by atoms with van der Waals surface area (Å²) < 4.78 is 5.96. The van der Waals surface area contributed by atoms with Crippen LogP contribution in [0.4, 0.5) is 0 Å². The van der Waals surface area contributed by atoms with Crippen LogP contribution in [0.5, 0.6) is 0 Å². The molecule has 1 aromatic carbocycles. The van der Waals surface area contributed by atoms with Crippen molar-refractivity contribution in [3.8, 4) is 0 Å². The van der Waals surface area contributed by atoms with Gasteiger partial charge in [0, 0.05) is 0 Å². The molecule has 1 saturated carbocycles. The standard InChI is InChI=1S/C18H23NO4/c1-18(2)11-23-15(12-6-4-3-5-7-12)10-19(18)16(20)13-8-9-14(13)17(21)22/h3-7,13-15H,8-11H2,1-2H3,(H,21,22). The van der Waals surface area contributed by atoms with E-state index in [0.717, 1.165) is 5.56 Å². The highest BCUT2D eigenvalue weighted by Crippen LogP contribution is 2.39. The van der Waals surface area contributed by atoms with Gasteiger partial charge in [0.2, 0.25) is 5.91 Å². The van der Waals surface area contributed by atoms with Gasteiger partial charge < -0.3 is 14.7 Å². The van der Waals surface area contributed by atoms with Crippen LogP contribution in [0.15, 0.2) is 30.3 Å². The van der Waals surface area contributed by atoms with Crippen molar-refractivity contribution in [2.45, 2.75) is 38.3 Å². The zero-order valence-corrected chi connectivity index (χ0v) is 13.6. The topological polar surface area (TPSA) is 66.8 Å². The number of carbonyl (C=O) groups is 2. The van der Waals surface area contributed by atoms with Crippen molar-refractivity contribution >= 4 is 11.9 Å². The second kappa shape index (κ2) is 5.96. The fraction of sp³-hybridized carbons (Fsp3) is 0.556. The van der Waals surface area contributed by atoms with Crippen molar-refractivity contribution in [2.75, 3.05) is 13.2 Å². The Hall–Kier alpha value is -1.88. The number of hydrogen-bond acceptors (Lipinski definition) is 3. The van der Waals surface area contributed by atoms with Gasteiger partial charge in [0.05, 0.1) is 30.5 Å². The van der Waals surface area contributed by atoms with Crippen molar-refractivity contribution in [3.05, 3.63) is 35.9 Å². The zero-order valence-electron chi connectivity index (χ0n) is 13.6. The first kappa shape index (κ1) is 16.0. The molecule has 0 spiro atoms. The minimum absolute atomic E-state index is 0.0436. The Balaban J connectivity index is 1.78. The number of carboxylic acid groups (broad SMARTS) is 1. The zero-order chi connectivity index (χ0) is 16.6. The van der Waals surface area contributed by atoms with Crippen LogP contribution in [0.2, 0.25) is 0 Å². The molecule has 23 heavy (non-hydrogen) atoms. The highest BCUT2D eigenvalue weighted by atomic mass is 16.5. The van der Waals surface area contributed by atoms with Crippen LogP contribution in [-0.2, 0) is 14.3 Å². The fourth-order valence-electron chi connectivity index (χ4n) is 3.40. The molecule has 1 amide bonds. The number of aliphatic carboxylic acids is 1. The first-order valence-corrected chi connectivity index (χ1v) is 8.11. The number of hydrogen-bond donors (Lipinski definition) is 1. The Bertz CT molecular complexity index is 598. The van der Waals surface area contributed by atoms with E-state index in [9.17, 15) is 14.7 Å². The monoisotopic (exact) mass is 317 g/mol. The Morgan fingerprint density at radius 3 is 2.39 bits per heavy atom. The maximum absolute atomic E-state index is 12.9. The molecule has 3 atom stereocenters. The number of ether oxygens (including phenoxy) is 1. The summed E-state index contributed by atoms with van der Waals surface area (Å²) in [5.41, 5.74) is 0.630. The second-order valence-electron chi connectivity index (χ2n) is 7.10. The minimum atomic E-state index is -0.861.